The van der Waals surface area contributed by atoms with Crippen LogP contribution < -0.4 is 4.57 Å². The molecule has 0 aliphatic carbocycles. The Morgan fingerprint density at radius 2 is 2.44 bits per heavy atom. The number of hydrogen-bond donors (Lipinski definition) is 2. The first-order valence-corrected chi connectivity index (χ1v) is 3.06. The lowest BCUT2D eigenvalue weighted by Crippen LogP contribution is -2.30. The lowest BCUT2D eigenvalue weighted by molar-refractivity contribution is -0.696. The number of nitrogens with zero attached hydrogens (tertiary/aromatic N) is 1. The minimum absolute atomic E-state index is 0.262. The zero-order valence-corrected chi connectivity index (χ0v) is 5.25. The second-order valence-electron chi connectivity index (χ2n) is 1.93. The van der Waals surface area contributed by atoms with Crippen LogP contribution in [0.3, 0.4) is 0 Å². The number of imidazole rings is 1. The number of aryl methyl sites for hydroxylation is 1. The molecular formula is C6H11N2O+. The largest absolute Gasteiger partial charge is 0.396 e. The summed E-state index contributed by atoms with van der Waals surface area (Å²) in [5, 5.41) is 8.44. The van der Waals surface area contributed by atoms with E-state index in [1.807, 2.05) is 23.3 Å². The molecule has 0 radical (unpaired) electrons. The molecule has 2 N–H and O–H groups in total. The van der Waals surface area contributed by atoms with Crippen molar-refractivity contribution in [2.45, 2.75) is 13.0 Å². The quantitative estimate of drug-likeness (QED) is 0.537. The molecule has 1 rings (SSSR count). The van der Waals surface area contributed by atoms with E-state index in [9.17, 15) is 0 Å². The van der Waals surface area contributed by atoms with Crippen molar-refractivity contribution in [3.8, 4) is 0 Å². The van der Waals surface area contributed by atoms with Crippen LogP contribution in [0.5, 0.6) is 0 Å². The van der Waals surface area contributed by atoms with E-state index in [0.717, 1.165) is 13.0 Å². The lowest BCUT2D eigenvalue weighted by atomic mass is 10.4. The molecule has 0 atom stereocenters. The summed E-state index contributed by atoms with van der Waals surface area (Å²) in [6.07, 6.45) is 6.49. The van der Waals surface area contributed by atoms with Crippen molar-refractivity contribution in [3.05, 3.63) is 18.7 Å². The third kappa shape index (κ3) is 1.85. The molecule has 0 aromatic carbocycles. The Balaban J connectivity index is 2.30. The zero-order chi connectivity index (χ0) is 6.53. The van der Waals surface area contributed by atoms with Gasteiger partial charge in [0.25, 0.3) is 0 Å². The molecule has 1 aromatic heterocycles. The number of aromatic nitrogens is 2. The number of H-pyrrole nitrogens is 1. The van der Waals surface area contributed by atoms with Crippen molar-refractivity contribution in [3.63, 3.8) is 0 Å². The number of rotatable bonds is 3. The lowest BCUT2D eigenvalue weighted by Gasteiger charge is -1.89. The first kappa shape index (κ1) is 6.29. The zero-order valence-electron chi connectivity index (χ0n) is 5.25. The van der Waals surface area contributed by atoms with Crippen LogP contribution in [0.4, 0.5) is 0 Å². The molecule has 0 bridgehead atoms. The molecule has 3 nitrogen and oxygen atoms in total. The molecule has 0 aliphatic rings. The predicted octanol–water partition coefficient (Wildman–Crippen LogP) is -0.315. The van der Waals surface area contributed by atoms with Gasteiger partial charge in [-0.3, -0.25) is 4.98 Å². The molecule has 0 amide bonds. The Bertz CT molecular complexity index is 148. The summed E-state index contributed by atoms with van der Waals surface area (Å²) < 4.78 is 2.00. The molecule has 0 spiro atoms. The normalized spacial score (nSPS) is 9.89. The molecule has 1 aromatic rings. The number of aliphatic hydroxyl groups is 1. The van der Waals surface area contributed by atoms with Gasteiger partial charge < -0.3 is 5.11 Å². The molecule has 50 valence electrons. The van der Waals surface area contributed by atoms with Crippen molar-refractivity contribution in [2.24, 2.45) is 0 Å². The van der Waals surface area contributed by atoms with Crippen LogP contribution in [0.25, 0.3) is 0 Å². The third-order valence-corrected chi connectivity index (χ3v) is 1.18. The third-order valence-electron chi connectivity index (χ3n) is 1.18. The van der Waals surface area contributed by atoms with Gasteiger partial charge in [0, 0.05) is 13.0 Å². The highest BCUT2D eigenvalue weighted by atomic mass is 16.3. The average molecular weight is 127 g/mol. The van der Waals surface area contributed by atoms with Crippen molar-refractivity contribution in [1.82, 2.24) is 4.98 Å². The van der Waals surface area contributed by atoms with Crippen molar-refractivity contribution < 1.29 is 9.67 Å². The second-order valence-corrected chi connectivity index (χ2v) is 1.93. The van der Waals surface area contributed by atoms with Gasteiger partial charge in [0.1, 0.15) is 12.4 Å². The fourth-order valence-corrected chi connectivity index (χ4v) is 0.713. The maximum absolute atomic E-state index is 8.44. The average Bonchev–Trinajstić information content (AvgIpc) is 2.34. The highest BCUT2D eigenvalue weighted by molar-refractivity contribution is 4.55. The topological polar surface area (TPSA) is 39.9 Å². The van der Waals surface area contributed by atoms with Crippen LogP contribution in [-0.4, -0.2) is 16.7 Å². The molecule has 0 aliphatic heterocycles. The first-order valence-electron chi connectivity index (χ1n) is 3.06. The Morgan fingerprint density at radius 3 is 3.00 bits per heavy atom. The number of nitrogens with one attached hydrogen (secondary N) is 1. The first-order chi connectivity index (χ1) is 4.43. The number of hydrogen-bond acceptors (Lipinski definition) is 1. The molecule has 0 saturated heterocycles. The Labute approximate surface area is 54.0 Å². The fraction of sp³-hybridized carbons (Fsp3) is 0.500. The van der Waals surface area contributed by atoms with E-state index < -0.39 is 0 Å². The smallest absolute Gasteiger partial charge is 0.241 e. The molecule has 0 unspecified atom stereocenters. The van der Waals surface area contributed by atoms with Gasteiger partial charge in [-0.05, 0) is 0 Å². The van der Waals surface area contributed by atoms with E-state index in [1.54, 1.807) is 0 Å². The van der Waals surface area contributed by atoms with Crippen LogP contribution in [-0.2, 0) is 6.54 Å². The van der Waals surface area contributed by atoms with Gasteiger partial charge in [-0.15, -0.1) is 0 Å². The summed E-state index contributed by atoms with van der Waals surface area (Å²) in [7, 11) is 0. The van der Waals surface area contributed by atoms with E-state index in [-0.39, 0.29) is 6.61 Å². The van der Waals surface area contributed by atoms with Gasteiger partial charge in [-0.1, -0.05) is 0 Å². The maximum atomic E-state index is 8.44. The van der Waals surface area contributed by atoms with Gasteiger partial charge in [0.05, 0.1) is 6.54 Å². The second kappa shape index (κ2) is 3.25. The molecular weight excluding hydrogens is 116 g/mol. The van der Waals surface area contributed by atoms with Gasteiger partial charge in [0.2, 0.25) is 6.33 Å². The minimum atomic E-state index is 0.262. The highest BCUT2D eigenvalue weighted by Gasteiger charge is 1.92. The van der Waals surface area contributed by atoms with Crippen LogP contribution in [0.15, 0.2) is 18.7 Å². The standard InChI is InChI=1S/C6H10N2O/c9-5-1-3-8-4-2-7-6-8/h2,4,6,9H,1,3,5H2/p+1. The minimum Gasteiger partial charge on any atom is -0.396 e. The molecule has 0 fully saturated rings. The predicted molar refractivity (Wildman–Crippen MR) is 32.7 cm³/mol. The van der Waals surface area contributed by atoms with E-state index in [0.29, 0.717) is 0 Å². The Hall–Kier alpha value is -0.830. The monoisotopic (exact) mass is 127 g/mol. The molecule has 1 heterocycles. The number of aliphatic hydroxyl groups excluding tert-OH is 1. The Morgan fingerprint density at radius 1 is 1.56 bits per heavy atom. The van der Waals surface area contributed by atoms with Crippen LogP contribution in [0.1, 0.15) is 6.42 Å². The Kier molecular flexibility index (Phi) is 2.27. The summed E-state index contributed by atoms with van der Waals surface area (Å²) in [5.74, 6) is 0. The van der Waals surface area contributed by atoms with Gasteiger partial charge in [-0.2, -0.15) is 0 Å². The summed E-state index contributed by atoms with van der Waals surface area (Å²) in [6, 6.07) is 0. The maximum Gasteiger partial charge on any atom is 0.241 e. The van der Waals surface area contributed by atoms with Crippen molar-refractivity contribution in [2.75, 3.05) is 6.61 Å². The van der Waals surface area contributed by atoms with E-state index in [2.05, 4.69) is 4.98 Å². The summed E-state index contributed by atoms with van der Waals surface area (Å²) in [5.41, 5.74) is 0. The molecule has 0 saturated carbocycles. The van der Waals surface area contributed by atoms with E-state index in [1.165, 1.54) is 0 Å². The number of aromatic amines is 1. The summed E-state index contributed by atoms with van der Waals surface area (Å²) >= 11 is 0. The van der Waals surface area contributed by atoms with Crippen molar-refractivity contribution in [1.29, 1.82) is 0 Å². The van der Waals surface area contributed by atoms with Gasteiger partial charge >= 0.3 is 0 Å². The van der Waals surface area contributed by atoms with Crippen LogP contribution >= 0.6 is 0 Å². The highest BCUT2D eigenvalue weighted by Crippen LogP contribution is 1.75. The van der Waals surface area contributed by atoms with Crippen LogP contribution in [0, 0.1) is 0 Å². The molecule has 9 heavy (non-hydrogen) atoms. The fourth-order valence-electron chi connectivity index (χ4n) is 0.713. The summed E-state index contributed by atoms with van der Waals surface area (Å²) in [4.78, 5) is 2.92. The van der Waals surface area contributed by atoms with E-state index in [4.69, 9.17) is 5.11 Å². The van der Waals surface area contributed by atoms with Crippen molar-refractivity contribution >= 4 is 0 Å². The van der Waals surface area contributed by atoms with E-state index >= 15 is 0 Å². The summed E-state index contributed by atoms with van der Waals surface area (Å²) in [6.45, 7) is 1.15. The molecule has 3 heteroatoms. The van der Waals surface area contributed by atoms with Gasteiger partial charge in [0.15, 0.2) is 0 Å². The SMILES string of the molecule is OCCC[n+]1cc[nH]c1. The van der Waals surface area contributed by atoms with Gasteiger partial charge in [-0.25, -0.2) is 4.57 Å². The van der Waals surface area contributed by atoms with Crippen LogP contribution in [0.2, 0.25) is 0 Å².